The number of carbonyl (C=O) groups is 2. The summed E-state index contributed by atoms with van der Waals surface area (Å²) < 4.78 is 10.7. The molecule has 2 aromatic rings. The van der Waals surface area contributed by atoms with Crippen LogP contribution in [0.3, 0.4) is 0 Å². The summed E-state index contributed by atoms with van der Waals surface area (Å²) >= 11 is 0. The Hall–Kier alpha value is -3.22. The number of anilines is 1. The minimum atomic E-state index is -0.306. The monoisotopic (exact) mass is 397 g/mol. The van der Waals surface area contributed by atoms with Crippen molar-refractivity contribution in [1.29, 1.82) is 0 Å². The van der Waals surface area contributed by atoms with Gasteiger partial charge in [-0.05, 0) is 43.3 Å². The first-order valence-corrected chi connectivity index (χ1v) is 9.79. The lowest BCUT2D eigenvalue weighted by Crippen LogP contribution is -2.51. The summed E-state index contributed by atoms with van der Waals surface area (Å²) in [7, 11) is 1.65. The van der Waals surface area contributed by atoms with Crippen molar-refractivity contribution in [3.63, 3.8) is 0 Å². The van der Waals surface area contributed by atoms with Gasteiger partial charge in [0.2, 0.25) is 5.91 Å². The van der Waals surface area contributed by atoms with E-state index in [4.69, 9.17) is 9.47 Å². The van der Waals surface area contributed by atoms with E-state index in [1.807, 2.05) is 37.3 Å². The summed E-state index contributed by atoms with van der Waals surface area (Å²) in [6.07, 6.45) is 0. The van der Waals surface area contributed by atoms with Crippen LogP contribution in [0.15, 0.2) is 48.5 Å². The molecule has 0 unspecified atom stereocenters. The number of piperazine rings is 1. The van der Waals surface area contributed by atoms with Crippen molar-refractivity contribution in [3.8, 4) is 11.5 Å². The molecule has 7 heteroatoms. The predicted octanol–water partition coefficient (Wildman–Crippen LogP) is 2.17. The number of carbonyl (C=O) groups excluding carboxylic acids is 2. The van der Waals surface area contributed by atoms with Crippen molar-refractivity contribution in [3.05, 3.63) is 54.1 Å². The van der Waals surface area contributed by atoms with Crippen LogP contribution in [0.4, 0.5) is 5.69 Å². The van der Waals surface area contributed by atoms with Crippen LogP contribution in [0.1, 0.15) is 17.3 Å². The molecular weight excluding hydrogens is 370 g/mol. The molecule has 0 bridgehead atoms. The quantitative estimate of drug-likeness (QED) is 0.775. The molecule has 1 fully saturated rings. The number of hydrogen-bond donors (Lipinski definition) is 1. The van der Waals surface area contributed by atoms with Crippen molar-refractivity contribution in [2.75, 3.05) is 51.3 Å². The third kappa shape index (κ3) is 5.19. The third-order valence-electron chi connectivity index (χ3n) is 4.90. The number of amides is 2. The Morgan fingerprint density at radius 1 is 1.00 bits per heavy atom. The van der Waals surface area contributed by atoms with Gasteiger partial charge >= 0.3 is 0 Å². The maximum atomic E-state index is 12.5. The molecule has 29 heavy (non-hydrogen) atoms. The van der Waals surface area contributed by atoms with Crippen molar-refractivity contribution < 1.29 is 19.1 Å². The number of hydrogen-bond acceptors (Lipinski definition) is 5. The SMILES string of the molecule is CCOc1ccccc1C(=O)NCC(=O)N1CCN(c2ccc(OC)cc2)CC1. The van der Waals surface area contributed by atoms with Crippen LogP contribution < -0.4 is 19.7 Å². The molecule has 1 heterocycles. The number of para-hydroxylation sites is 1. The maximum Gasteiger partial charge on any atom is 0.255 e. The highest BCUT2D eigenvalue weighted by Gasteiger charge is 2.22. The summed E-state index contributed by atoms with van der Waals surface area (Å²) in [4.78, 5) is 29.0. The van der Waals surface area contributed by atoms with Gasteiger partial charge in [-0.15, -0.1) is 0 Å². The van der Waals surface area contributed by atoms with E-state index < -0.39 is 0 Å². The predicted molar refractivity (Wildman–Crippen MR) is 112 cm³/mol. The number of rotatable bonds is 7. The fourth-order valence-corrected chi connectivity index (χ4v) is 3.31. The molecule has 0 saturated carbocycles. The zero-order chi connectivity index (χ0) is 20.6. The first kappa shape index (κ1) is 20.5. The molecule has 1 aliphatic rings. The van der Waals surface area contributed by atoms with Gasteiger partial charge in [-0.1, -0.05) is 12.1 Å². The molecule has 0 aromatic heterocycles. The summed E-state index contributed by atoms with van der Waals surface area (Å²) in [5, 5.41) is 2.71. The molecule has 3 rings (SSSR count). The Labute approximate surface area is 171 Å². The molecule has 154 valence electrons. The first-order valence-electron chi connectivity index (χ1n) is 9.79. The van der Waals surface area contributed by atoms with Crippen molar-refractivity contribution in [2.24, 2.45) is 0 Å². The van der Waals surface area contributed by atoms with Crippen LogP contribution >= 0.6 is 0 Å². The topological polar surface area (TPSA) is 71.1 Å². The molecule has 1 saturated heterocycles. The average Bonchev–Trinajstić information content (AvgIpc) is 2.78. The van der Waals surface area contributed by atoms with Crippen molar-refractivity contribution in [1.82, 2.24) is 10.2 Å². The number of methoxy groups -OCH3 is 1. The number of nitrogens with one attached hydrogen (secondary N) is 1. The molecule has 1 aliphatic heterocycles. The highest BCUT2D eigenvalue weighted by Crippen LogP contribution is 2.21. The molecule has 0 atom stereocenters. The van der Waals surface area contributed by atoms with E-state index in [9.17, 15) is 9.59 Å². The summed E-state index contributed by atoms with van der Waals surface area (Å²) in [5.74, 6) is 0.957. The Balaban J connectivity index is 1.49. The summed E-state index contributed by atoms with van der Waals surface area (Å²) in [6.45, 7) is 5.05. The van der Waals surface area contributed by atoms with E-state index >= 15 is 0 Å². The van der Waals surface area contributed by atoms with Crippen molar-refractivity contribution >= 4 is 17.5 Å². The lowest BCUT2D eigenvalue weighted by Gasteiger charge is -2.36. The molecule has 2 amide bonds. The van der Waals surface area contributed by atoms with E-state index in [2.05, 4.69) is 10.2 Å². The second-order valence-electron chi connectivity index (χ2n) is 6.68. The molecule has 1 N–H and O–H groups in total. The Bertz CT molecular complexity index is 830. The van der Waals surface area contributed by atoms with Gasteiger partial charge < -0.3 is 24.6 Å². The van der Waals surface area contributed by atoms with Crippen LogP contribution in [-0.4, -0.2) is 63.2 Å². The number of benzene rings is 2. The molecule has 0 radical (unpaired) electrons. The zero-order valence-corrected chi connectivity index (χ0v) is 16.9. The fourth-order valence-electron chi connectivity index (χ4n) is 3.31. The van der Waals surface area contributed by atoms with E-state index in [1.165, 1.54) is 0 Å². The van der Waals surface area contributed by atoms with Gasteiger partial charge in [-0.2, -0.15) is 0 Å². The lowest BCUT2D eigenvalue weighted by atomic mass is 10.2. The molecule has 7 nitrogen and oxygen atoms in total. The second kappa shape index (κ2) is 9.82. The van der Waals surface area contributed by atoms with Gasteiger partial charge in [0.1, 0.15) is 11.5 Å². The summed E-state index contributed by atoms with van der Waals surface area (Å²) in [6, 6.07) is 14.9. The second-order valence-corrected chi connectivity index (χ2v) is 6.68. The zero-order valence-electron chi connectivity index (χ0n) is 16.9. The van der Waals surface area contributed by atoms with Crippen LogP contribution in [0.5, 0.6) is 11.5 Å². The summed E-state index contributed by atoms with van der Waals surface area (Å²) in [5.41, 5.74) is 1.55. The largest absolute Gasteiger partial charge is 0.497 e. The first-order chi connectivity index (χ1) is 14.1. The molecule has 0 spiro atoms. The Morgan fingerprint density at radius 2 is 1.69 bits per heavy atom. The molecular formula is C22H27N3O4. The van der Waals surface area contributed by atoms with Gasteiger partial charge in [0.25, 0.3) is 5.91 Å². The number of nitrogens with zero attached hydrogens (tertiary/aromatic N) is 2. The van der Waals surface area contributed by atoms with Gasteiger partial charge in [-0.25, -0.2) is 0 Å². The van der Waals surface area contributed by atoms with Crippen LogP contribution in [0, 0.1) is 0 Å². The Kier molecular flexibility index (Phi) is 6.94. The minimum Gasteiger partial charge on any atom is -0.497 e. The molecule has 0 aliphatic carbocycles. The average molecular weight is 397 g/mol. The number of ether oxygens (including phenoxy) is 2. The normalized spacial score (nSPS) is 13.7. The lowest BCUT2D eigenvalue weighted by molar-refractivity contribution is -0.130. The van der Waals surface area contributed by atoms with E-state index in [0.29, 0.717) is 31.0 Å². The van der Waals surface area contributed by atoms with Gasteiger partial charge in [-0.3, -0.25) is 9.59 Å². The van der Waals surface area contributed by atoms with E-state index in [0.717, 1.165) is 24.5 Å². The smallest absolute Gasteiger partial charge is 0.255 e. The van der Waals surface area contributed by atoms with Crippen molar-refractivity contribution in [2.45, 2.75) is 6.92 Å². The van der Waals surface area contributed by atoms with Gasteiger partial charge in [0.15, 0.2) is 0 Å². The standard InChI is InChI=1S/C22H27N3O4/c1-3-29-20-7-5-4-6-19(20)22(27)23-16-21(26)25-14-12-24(13-15-25)17-8-10-18(28-2)11-9-17/h4-11H,3,12-16H2,1-2H3,(H,23,27). The van der Waals surface area contributed by atoms with Gasteiger partial charge in [0.05, 0.1) is 25.8 Å². The highest BCUT2D eigenvalue weighted by molar-refractivity contribution is 5.98. The van der Waals surface area contributed by atoms with Gasteiger partial charge in [0, 0.05) is 31.9 Å². The Morgan fingerprint density at radius 3 is 2.34 bits per heavy atom. The minimum absolute atomic E-state index is 0.0260. The third-order valence-corrected chi connectivity index (χ3v) is 4.90. The van der Waals surface area contributed by atoms with Crippen LogP contribution in [0.2, 0.25) is 0 Å². The van der Waals surface area contributed by atoms with Crippen LogP contribution in [-0.2, 0) is 4.79 Å². The van der Waals surface area contributed by atoms with Crippen LogP contribution in [0.25, 0.3) is 0 Å². The highest BCUT2D eigenvalue weighted by atomic mass is 16.5. The fraction of sp³-hybridized carbons (Fsp3) is 0.364. The maximum absolute atomic E-state index is 12.5. The van der Waals surface area contributed by atoms with E-state index in [1.54, 1.807) is 30.2 Å². The van der Waals surface area contributed by atoms with E-state index in [-0.39, 0.29) is 18.4 Å². The molecule has 2 aromatic carbocycles.